The minimum absolute atomic E-state index is 0.00825. The summed E-state index contributed by atoms with van der Waals surface area (Å²) in [7, 11) is 0. The Morgan fingerprint density at radius 3 is 3.00 bits per heavy atom. The number of fused-ring (bicyclic) bond motifs is 1. The molecule has 0 spiro atoms. The van der Waals surface area contributed by atoms with E-state index in [0.29, 0.717) is 24.4 Å². The number of rotatable bonds is 5. The smallest absolute Gasteiger partial charge is 0.226 e. The molecule has 0 atom stereocenters. The van der Waals surface area contributed by atoms with Crippen molar-refractivity contribution in [1.82, 2.24) is 25.5 Å². The number of nitrogens with one attached hydrogen (secondary N) is 3. The van der Waals surface area contributed by atoms with E-state index < -0.39 is 0 Å². The molecule has 1 amide bonds. The molecule has 8 heteroatoms. The van der Waals surface area contributed by atoms with Gasteiger partial charge in [0.2, 0.25) is 11.2 Å². The largest absolute Gasteiger partial charge is 0.369 e. The van der Waals surface area contributed by atoms with Crippen LogP contribution in [-0.2, 0) is 4.79 Å². The van der Waals surface area contributed by atoms with E-state index in [9.17, 15) is 4.79 Å². The quantitative estimate of drug-likeness (QED) is 0.719. The van der Waals surface area contributed by atoms with Crippen LogP contribution in [-0.4, -0.2) is 38.7 Å². The number of nitrogens with zero attached hydrogens (tertiary/aromatic N) is 3. The fraction of sp³-hybridized carbons (Fsp3) is 0.455. The maximum absolute atomic E-state index is 11.5. The molecule has 0 fully saturated rings. The number of hydrogen-bond acceptors (Lipinski definition) is 5. The van der Waals surface area contributed by atoms with Crippen molar-refractivity contribution < 1.29 is 4.79 Å². The zero-order valence-electron chi connectivity index (χ0n) is 10.7. The number of carbonyl (C=O) groups excluding carboxylic acids is 1. The molecule has 2 rings (SSSR count). The minimum Gasteiger partial charge on any atom is -0.369 e. The lowest BCUT2D eigenvalue weighted by Gasteiger charge is -2.09. The Balaban J connectivity index is 1.98. The maximum Gasteiger partial charge on any atom is 0.226 e. The first-order chi connectivity index (χ1) is 9.06. The van der Waals surface area contributed by atoms with Gasteiger partial charge in [0.25, 0.3) is 0 Å². The van der Waals surface area contributed by atoms with Gasteiger partial charge in [0.15, 0.2) is 5.65 Å². The minimum atomic E-state index is -0.00825. The van der Waals surface area contributed by atoms with Gasteiger partial charge in [-0.1, -0.05) is 0 Å². The molecule has 0 aliphatic heterocycles. The Bertz CT molecular complexity index is 582. The normalized spacial score (nSPS) is 10.9. The van der Waals surface area contributed by atoms with Gasteiger partial charge >= 0.3 is 0 Å². The Morgan fingerprint density at radius 2 is 2.26 bits per heavy atom. The summed E-state index contributed by atoms with van der Waals surface area (Å²) in [6, 6.07) is 0.140. The lowest BCUT2D eigenvalue weighted by atomic mass is 10.3. The second-order valence-electron chi connectivity index (χ2n) is 4.37. The van der Waals surface area contributed by atoms with Crippen LogP contribution in [0.25, 0.3) is 11.0 Å². The summed E-state index contributed by atoms with van der Waals surface area (Å²) in [5, 5.41) is 13.4. The number of carbonyl (C=O) groups is 1. The summed E-state index contributed by atoms with van der Waals surface area (Å²) in [6.45, 7) is 4.31. The highest BCUT2D eigenvalue weighted by Gasteiger charge is 2.09. The molecule has 7 nitrogen and oxygen atoms in total. The predicted octanol–water partition coefficient (Wildman–Crippen LogP) is 1.33. The molecule has 0 aromatic carbocycles. The van der Waals surface area contributed by atoms with Crippen molar-refractivity contribution in [2.24, 2.45) is 0 Å². The van der Waals surface area contributed by atoms with Crippen LogP contribution in [0.3, 0.4) is 0 Å². The highest BCUT2D eigenvalue weighted by molar-refractivity contribution is 6.28. The third-order valence-electron chi connectivity index (χ3n) is 2.38. The van der Waals surface area contributed by atoms with Crippen LogP contribution in [0.1, 0.15) is 20.3 Å². The van der Waals surface area contributed by atoms with Crippen LogP contribution in [0, 0.1) is 0 Å². The molecule has 0 saturated heterocycles. The summed E-state index contributed by atoms with van der Waals surface area (Å²) in [5.74, 6) is 0.562. The van der Waals surface area contributed by atoms with Crippen molar-refractivity contribution >= 4 is 34.4 Å². The standard InChI is InChI=1S/C11H15ClN6O/c1-6(2)15-8(19)3-4-13-9-7-5-14-18-10(7)17-11(12)16-9/h5-6H,3-4H2,1-2H3,(H,15,19)(H2,13,14,16,17,18). The van der Waals surface area contributed by atoms with Crippen molar-refractivity contribution in [1.29, 1.82) is 0 Å². The van der Waals surface area contributed by atoms with Gasteiger partial charge < -0.3 is 10.6 Å². The van der Waals surface area contributed by atoms with Gasteiger partial charge in [-0.2, -0.15) is 15.1 Å². The lowest BCUT2D eigenvalue weighted by Crippen LogP contribution is -2.31. The van der Waals surface area contributed by atoms with Crippen molar-refractivity contribution in [3.63, 3.8) is 0 Å². The molecule has 0 bridgehead atoms. The third kappa shape index (κ3) is 3.54. The Morgan fingerprint density at radius 1 is 1.47 bits per heavy atom. The fourth-order valence-corrected chi connectivity index (χ4v) is 1.80. The zero-order valence-corrected chi connectivity index (χ0v) is 11.5. The molecule has 19 heavy (non-hydrogen) atoms. The molecular formula is C11H15ClN6O. The average molecular weight is 283 g/mol. The van der Waals surface area contributed by atoms with Crippen LogP contribution in [0.5, 0.6) is 0 Å². The number of halogens is 1. The van der Waals surface area contributed by atoms with Gasteiger partial charge in [-0.3, -0.25) is 9.89 Å². The van der Waals surface area contributed by atoms with Crippen LogP contribution in [0.2, 0.25) is 5.28 Å². The van der Waals surface area contributed by atoms with Crippen LogP contribution >= 0.6 is 11.6 Å². The van der Waals surface area contributed by atoms with E-state index in [1.165, 1.54) is 0 Å². The van der Waals surface area contributed by atoms with Crippen molar-refractivity contribution in [3.05, 3.63) is 11.5 Å². The van der Waals surface area contributed by atoms with Crippen LogP contribution in [0.15, 0.2) is 6.20 Å². The number of aromatic amines is 1. The SMILES string of the molecule is CC(C)NC(=O)CCNc1nc(Cl)nc2[nH]ncc12. The van der Waals surface area contributed by atoms with Crippen LogP contribution < -0.4 is 10.6 Å². The predicted molar refractivity (Wildman–Crippen MR) is 73.1 cm³/mol. The molecule has 0 saturated carbocycles. The Labute approximate surface area is 115 Å². The molecule has 102 valence electrons. The van der Waals surface area contributed by atoms with E-state index in [-0.39, 0.29) is 17.2 Å². The first kappa shape index (κ1) is 13.5. The van der Waals surface area contributed by atoms with Crippen molar-refractivity contribution in [3.8, 4) is 0 Å². The summed E-state index contributed by atoms with van der Waals surface area (Å²) in [6.07, 6.45) is 1.97. The van der Waals surface area contributed by atoms with Gasteiger partial charge in [0.05, 0.1) is 11.6 Å². The molecular weight excluding hydrogens is 268 g/mol. The number of hydrogen-bond donors (Lipinski definition) is 3. The molecule has 2 aromatic rings. The van der Waals surface area contributed by atoms with E-state index in [1.54, 1.807) is 6.20 Å². The van der Waals surface area contributed by atoms with Gasteiger partial charge in [-0.25, -0.2) is 0 Å². The first-order valence-electron chi connectivity index (χ1n) is 5.96. The van der Waals surface area contributed by atoms with Gasteiger partial charge in [0.1, 0.15) is 5.82 Å². The lowest BCUT2D eigenvalue weighted by molar-refractivity contribution is -0.121. The molecule has 0 unspecified atom stereocenters. The molecule has 0 aliphatic rings. The maximum atomic E-state index is 11.5. The van der Waals surface area contributed by atoms with E-state index >= 15 is 0 Å². The summed E-state index contributed by atoms with van der Waals surface area (Å²) >= 11 is 5.80. The summed E-state index contributed by atoms with van der Waals surface area (Å²) in [4.78, 5) is 19.6. The molecule has 2 heterocycles. The second-order valence-corrected chi connectivity index (χ2v) is 4.71. The molecule has 0 aliphatic carbocycles. The number of anilines is 1. The topological polar surface area (TPSA) is 95.6 Å². The summed E-state index contributed by atoms with van der Waals surface area (Å²) < 4.78 is 0. The highest BCUT2D eigenvalue weighted by Crippen LogP contribution is 2.19. The number of aromatic nitrogens is 4. The van der Waals surface area contributed by atoms with E-state index in [4.69, 9.17) is 11.6 Å². The van der Waals surface area contributed by atoms with Crippen LogP contribution in [0.4, 0.5) is 5.82 Å². The van der Waals surface area contributed by atoms with Crippen molar-refractivity contribution in [2.45, 2.75) is 26.3 Å². The van der Waals surface area contributed by atoms with Gasteiger partial charge in [0, 0.05) is 19.0 Å². The number of H-pyrrole nitrogens is 1. The molecule has 2 aromatic heterocycles. The Hall–Kier alpha value is -1.89. The third-order valence-corrected chi connectivity index (χ3v) is 2.55. The second kappa shape index (κ2) is 5.83. The monoisotopic (exact) mass is 282 g/mol. The highest BCUT2D eigenvalue weighted by atomic mass is 35.5. The zero-order chi connectivity index (χ0) is 13.8. The van der Waals surface area contributed by atoms with E-state index in [1.807, 2.05) is 13.8 Å². The fourth-order valence-electron chi connectivity index (χ4n) is 1.63. The van der Waals surface area contributed by atoms with E-state index in [2.05, 4.69) is 30.8 Å². The summed E-state index contributed by atoms with van der Waals surface area (Å²) in [5.41, 5.74) is 0.564. The molecule has 0 radical (unpaired) electrons. The average Bonchev–Trinajstić information content (AvgIpc) is 2.75. The van der Waals surface area contributed by atoms with Gasteiger partial charge in [-0.15, -0.1) is 0 Å². The first-order valence-corrected chi connectivity index (χ1v) is 6.34. The number of amides is 1. The van der Waals surface area contributed by atoms with E-state index in [0.717, 1.165) is 5.39 Å². The van der Waals surface area contributed by atoms with Gasteiger partial charge in [-0.05, 0) is 25.4 Å². The molecule has 3 N–H and O–H groups in total. The van der Waals surface area contributed by atoms with Crippen molar-refractivity contribution in [2.75, 3.05) is 11.9 Å². The Kier molecular flexibility index (Phi) is 4.16.